The van der Waals surface area contributed by atoms with Crippen LogP contribution >= 0.6 is 0 Å². The molecule has 21 heavy (non-hydrogen) atoms. The van der Waals surface area contributed by atoms with E-state index in [-0.39, 0.29) is 10.6 Å². The molecule has 6 nitrogen and oxygen atoms in total. The van der Waals surface area contributed by atoms with Gasteiger partial charge in [0.05, 0.1) is 16.3 Å². The van der Waals surface area contributed by atoms with Crippen molar-refractivity contribution >= 4 is 21.4 Å². The number of amides is 1. The summed E-state index contributed by atoms with van der Waals surface area (Å²) >= 11 is 0. The van der Waals surface area contributed by atoms with Crippen molar-refractivity contribution in [2.45, 2.75) is 24.3 Å². The Bertz CT molecular complexity index is 616. The Morgan fingerprint density at radius 1 is 1.43 bits per heavy atom. The molecule has 1 aliphatic rings. The lowest BCUT2D eigenvalue weighted by Gasteiger charge is -2.37. The average molecular weight is 311 g/mol. The van der Waals surface area contributed by atoms with Gasteiger partial charge in [0.25, 0.3) is 0 Å². The zero-order valence-electron chi connectivity index (χ0n) is 12.1. The van der Waals surface area contributed by atoms with Crippen LogP contribution in [0.5, 0.6) is 0 Å². The van der Waals surface area contributed by atoms with Crippen LogP contribution in [0.4, 0.5) is 5.69 Å². The Kier molecular flexibility index (Phi) is 4.84. The van der Waals surface area contributed by atoms with Crippen LogP contribution in [0.1, 0.15) is 13.3 Å². The predicted molar refractivity (Wildman–Crippen MR) is 82.0 cm³/mol. The van der Waals surface area contributed by atoms with Gasteiger partial charge in [-0.05, 0) is 18.6 Å². The molecule has 0 saturated carbocycles. The molecule has 1 aromatic rings. The number of piperazine rings is 1. The number of benzene rings is 1. The van der Waals surface area contributed by atoms with Crippen molar-refractivity contribution in [2.75, 3.05) is 30.3 Å². The Balaban J connectivity index is 2.46. The van der Waals surface area contributed by atoms with Crippen LogP contribution in [0.2, 0.25) is 0 Å². The van der Waals surface area contributed by atoms with E-state index in [4.69, 9.17) is 5.73 Å². The molecule has 1 fully saturated rings. The molecule has 1 atom stereocenters. The molecule has 1 saturated heterocycles. The van der Waals surface area contributed by atoms with Crippen molar-refractivity contribution in [3.63, 3.8) is 0 Å². The standard InChI is InChI=1S/C14H21N3O3S/c1-2-9-21(19,20)13-6-4-3-5-11(13)17-8-7-16-10-12(17)14(15)18/h3-6,12,16H,2,7-10H2,1H3,(H2,15,18). The maximum Gasteiger partial charge on any atom is 0.241 e. The van der Waals surface area contributed by atoms with Crippen molar-refractivity contribution in [3.05, 3.63) is 24.3 Å². The van der Waals surface area contributed by atoms with Gasteiger partial charge in [-0.25, -0.2) is 8.42 Å². The van der Waals surface area contributed by atoms with E-state index in [1.807, 2.05) is 6.92 Å². The number of rotatable bonds is 5. The molecular formula is C14H21N3O3S. The molecule has 2 rings (SSSR count). The van der Waals surface area contributed by atoms with Gasteiger partial charge in [-0.2, -0.15) is 0 Å². The maximum atomic E-state index is 12.4. The zero-order chi connectivity index (χ0) is 15.5. The molecule has 1 aromatic carbocycles. The van der Waals surface area contributed by atoms with Crippen LogP contribution in [0.3, 0.4) is 0 Å². The van der Waals surface area contributed by atoms with E-state index in [0.29, 0.717) is 31.7 Å². The minimum atomic E-state index is -3.35. The fraction of sp³-hybridized carbons (Fsp3) is 0.500. The summed E-state index contributed by atoms with van der Waals surface area (Å²) in [6.07, 6.45) is 0.553. The number of sulfone groups is 1. The summed E-state index contributed by atoms with van der Waals surface area (Å²) in [7, 11) is -3.35. The van der Waals surface area contributed by atoms with Gasteiger partial charge in [0, 0.05) is 19.6 Å². The lowest BCUT2D eigenvalue weighted by Crippen LogP contribution is -2.57. The fourth-order valence-electron chi connectivity index (χ4n) is 2.58. The second-order valence-electron chi connectivity index (χ2n) is 5.10. The Hall–Kier alpha value is -1.60. The summed E-state index contributed by atoms with van der Waals surface area (Å²) in [6, 6.07) is 6.29. The van der Waals surface area contributed by atoms with Gasteiger partial charge in [-0.1, -0.05) is 19.1 Å². The van der Waals surface area contributed by atoms with Crippen molar-refractivity contribution in [2.24, 2.45) is 5.73 Å². The smallest absolute Gasteiger partial charge is 0.241 e. The number of primary amides is 1. The lowest BCUT2D eigenvalue weighted by molar-refractivity contribution is -0.119. The number of nitrogens with two attached hydrogens (primary N) is 1. The number of carbonyl (C=O) groups excluding carboxylic acids is 1. The molecule has 1 unspecified atom stereocenters. The second kappa shape index (κ2) is 6.44. The quantitative estimate of drug-likeness (QED) is 0.806. The number of nitrogens with one attached hydrogen (secondary N) is 1. The zero-order valence-corrected chi connectivity index (χ0v) is 12.9. The largest absolute Gasteiger partial charge is 0.368 e. The molecule has 1 heterocycles. The summed E-state index contributed by atoms with van der Waals surface area (Å²) in [5.41, 5.74) is 6.01. The van der Waals surface area contributed by atoms with E-state index >= 15 is 0 Å². The normalized spacial score (nSPS) is 19.5. The van der Waals surface area contributed by atoms with E-state index < -0.39 is 21.8 Å². The highest BCUT2D eigenvalue weighted by molar-refractivity contribution is 7.91. The van der Waals surface area contributed by atoms with E-state index in [0.717, 1.165) is 0 Å². The first kappa shape index (κ1) is 15.8. The van der Waals surface area contributed by atoms with E-state index in [9.17, 15) is 13.2 Å². The molecule has 0 aliphatic carbocycles. The highest BCUT2D eigenvalue weighted by atomic mass is 32.2. The second-order valence-corrected chi connectivity index (χ2v) is 7.18. The van der Waals surface area contributed by atoms with Gasteiger partial charge in [-0.15, -0.1) is 0 Å². The first-order valence-electron chi connectivity index (χ1n) is 7.06. The highest BCUT2D eigenvalue weighted by Crippen LogP contribution is 2.28. The van der Waals surface area contributed by atoms with Crippen LogP contribution in [-0.2, 0) is 14.6 Å². The van der Waals surface area contributed by atoms with E-state index in [2.05, 4.69) is 5.32 Å². The van der Waals surface area contributed by atoms with Gasteiger partial charge >= 0.3 is 0 Å². The average Bonchev–Trinajstić information content (AvgIpc) is 2.47. The number of hydrogen-bond acceptors (Lipinski definition) is 5. The Morgan fingerprint density at radius 3 is 2.81 bits per heavy atom. The SMILES string of the molecule is CCCS(=O)(=O)c1ccccc1N1CCNCC1C(N)=O. The Morgan fingerprint density at radius 2 is 2.14 bits per heavy atom. The molecule has 7 heteroatoms. The van der Waals surface area contributed by atoms with E-state index in [1.54, 1.807) is 29.2 Å². The predicted octanol–water partition coefficient (Wildman–Crippen LogP) is 0.134. The topological polar surface area (TPSA) is 92.5 Å². The third kappa shape index (κ3) is 3.36. The van der Waals surface area contributed by atoms with Gasteiger partial charge in [-0.3, -0.25) is 4.79 Å². The minimum Gasteiger partial charge on any atom is -0.368 e. The fourth-order valence-corrected chi connectivity index (χ4v) is 4.13. The van der Waals surface area contributed by atoms with Crippen LogP contribution < -0.4 is 16.0 Å². The molecule has 0 radical (unpaired) electrons. The van der Waals surface area contributed by atoms with E-state index in [1.165, 1.54) is 0 Å². The van der Waals surface area contributed by atoms with Crippen molar-refractivity contribution in [1.29, 1.82) is 0 Å². The summed E-state index contributed by atoms with van der Waals surface area (Å²) in [4.78, 5) is 13.7. The molecule has 0 spiro atoms. The maximum absolute atomic E-state index is 12.4. The summed E-state index contributed by atoms with van der Waals surface area (Å²) in [6.45, 7) is 3.49. The van der Waals surface area contributed by atoms with Crippen molar-refractivity contribution < 1.29 is 13.2 Å². The lowest BCUT2D eigenvalue weighted by atomic mass is 10.1. The van der Waals surface area contributed by atoms with Crippen molar-refractivity contribution in [1.82, 2.24) is 5.32 Å². The molecule has 0 bridgehead atoms. The number of para-hydroxylation sites is 1. The summed E-state index contributed by atoms with van der Waals surface area (Å²) < 4.78 is 24.8. The van der Waals surface area contributed by atoms with Crippen LogP contribution in [0.25, 0.3) is 0 Å². The van der Waals surface area contributed by atoms with Crippen LogP contribution in [0.15, 0.2) is 29.2 Å². The van der Waals surface area contributed by atoms with Crippen molar-refractivity contribution in [3.8, 4) is 0 Å². The molecule has 0 aromatic heterocycles. The first-order valence-corrected chi connectivity index (χ1v) is 8.71. The monoisotopic (exact) mass is 311 g/mol. The number of nitrogens with zero attached hydrogens (tertiary/aromatic N) is 1. The number of hydrogen-bond donors (Lipinski definition) is 2. The molecule has 1 aliphatic heterocycles. The van der Waals surface area contributed by atoms with Gasteiger partial charge in [0.15, 0.2) is 9.84 Å². The van der Waals surface area contributed by atoms with Gasteiger partial charge < -0.3 is 16.0 Å². The summed E-state index contributed by atoms with van der Waals surface area (Å²) in [5.74, 6) is -0.359. The molecule has 3 N–H and O–H groups in total. The number of carbonyl (C=O) groups is 1. The highest BCUT2D eigenvalue weighted by Gasteiger charge is 2.30. The van der Waals surface area contributed by atoms with Crippen LogP contribution in [0, 0.1) is 0 Å². The molecule has 1 amide bonds. The first-order chi connectivity index (χ1) is 9.97. The minimum absolute atomic E-state index is 0.0946. The third-order valence-electron chi connectivity index (χ3n) is 3.55. The molecule has 116 valence electrons. The van der Waals surface area contributed by atoms with Gasteiger partial charge in [0.1, 0.15) is 6.04 Å². The van der Waals surface area contributed by atoms with Gasteiger partial charge in [0.2, 0.25) is 5.91 Å². The number of anilines is 1. The third-order valence-corrected chi connectivity index (χ3v) is 5.52. The molecular weight excluding hydrogens is 290 g/mol. The Labute approximate surface area is 125 Å². The van der Waals surface area contributed by atoms with Crippen LogP contribution in [-0.4, -0.2) is 45.8 Å². The summed E-state index contributed by atoms with van der Waals surface area (Å²) in [5, 5.41) is 3.11.